The first kappa shape index (κ1) is 31.0. The largest absolute Gasteiger partial charge is 0.507 e. The standard InChI is InChI=1S/C41H60O2/c1-38(17-9-5-10-18-38)32-26-30(27-33(36(32)42)39(2)19-11-6-12-20-39)25-31-28-34(40(3)21-13-7-14-22-40)37(43)35(29-31)41(4)23-15-8-16-24-41/h26-29,42-43H,5-25H2,1-4H3. The van der Waals surface area contributed by atoms with Crippen LogP contribution in [0.15, 0.2) is 24.3 Å². The van der Waals surface area contributed by atoms with E-state index in [4.69, 9.17) is 0 Å². The summed E-state index contributed by atoms with van der Waals surface area (Å²) >= 11 is 0. The summed E-state index contributed by atoms with van der Waals surface area (Å²) in [7, 11) is 0. The molecule has 0 spiro atoms. The Balaban J connectivity index is 1.47. The van der Waals surface area contributed by atoms with Gasteiger partial charge in [-0.2, -0.15) is 0 Å². The fourth-order valence-electron chi connectivity index (χ4n) is 10.1. The maximum atomic E-state index is 12.0. The van der Waals surface area contributed by atoms with Crippen molar-refractivity contribution in [2.45, 2.75) is 184 Å². The Morgan fingerprint density at radius 1 is 0.395 bits per heavy atom. The van der Waals surface area contributed by atoms with E-state index in [2.05, 4.69) is 52.0 Å². The highest BCUT2D eigenvalue weighted by atomic mass is 16.3. The SMILES string of the molecule is CC1(c2cc(Cc3cc(C4(C)CCCCC4)c(O)c(C4(C)CCCCC4)c3)cc(C3(C)CCCCC3)c2O)CCCCC1. The molecule has 0 saturated heterocycles. The van der Waals surface area contributed by atoms with Gasteiger partial charge in [0.1, 0.15) is 11.5 Å². The third-order valence-corrected chi connectivity index (χ3v) is 13.2. The van der Waals surface area contributed by atoms with Gasteiger partial charge in [-0.3, -0.25) is 0 Å². The first-order chi connectivity index (χ1) is 20.6. The van der Waals surface area contributed by atoms with Gasteiger partial charge >= 0.3 is 0 Å². The van der Waals surface area contributed by atoms with Crippen LogP contribution in [0.4, 0.5) is 0 Å². The van der Waals surface area contributed by atoms with Crippen LogP contribution in [0, 0.1) is 0 Å². The highest BCUT2D eigenvalue weighted by Crippen LogP contribution is 2.52. The van der Waals surface area contributed by atoms with E-state index in [9.17, 15) is 10.2 Å². The van der Waals surface area contributed by atoms with E-state index in [-0.39, 0.29) is 21.7 Å². The molecule has 0 amide bonds. The number of hydrogen-bond acceptors (Lipinski definition) is 2. The van der Waals surface area contributed by atoms with Crippen LogP contribution in [0.2, 0.25) is 0 Å². The molecule has 4 aliphatic rings. The van der Waals surface area contributed by atoms with E-state index in [1.165, 1.54) is 162 Å². The molecule has 4 fully saturated rings. The zero-order chi connectivity index (χ0) is 30.3. The molecule has 6 rings (SSSR count). The molecule has 0 aromatic heterocycles. The molecular formula is C41H60O2. The summed E-state index contributed by atoms with van der Waals surface area (Å²) in [6, 6.07) is 9.58. The Hall–Kier alpha value is -1.96. The van der Waals surface area contributed by atoms with E-state index >= 15 is 0 Å². The van der Waals surface area contributed by atoms with Gasteiger partial charge in [0.25, 0.3) is 0 Å². The van der Waals surface area contributed by atoms with E-state index in [0.29, 0.717) is 11.5 Å². The van der Waals surface area contributed by atoms with Crippen molar-refractivity contribution in [2.24, 2.45) is 0 Å². The topological polar surface area (TPSA) is 40.5 Å². The van der Waals surface area contributed by atoms with Crippen molar-refractivity contribution in [3.63, 3.8) is 0 Å². The molecule has 0 bridgehead atoms. The summed E-state index contributed by atoms with van der Waals surface area (Å²) < 4.78 is 0. The van der Waals surface area contributed by atoms with Crippen LogP contribution in [0.5, 0.6) is 11.5 Å². The van der Waals surface area contributed by atoms with E-state index < -0.39 is 0 Å². The van der Waals surface area contributed by atoms with Gasteiger partial charge in [-0.15, -0.1) is 0 Å². The van der Waals surface area contributed by atoms with Crippen molar-refractivity contribution < 1.29 is 10.2 Å². The molecule has 4 saturated carbocycles. The summed E-state index contributed by atoms with van der Waals surface area (Å²) in [6.07, 6.45) is 25.6. The van der Waals surface area contributed by atoms with Gasteiger partial charge in [0.05, 0.1) is 0 Å². The molecule has 0 unspecified atom stereocenters. The van der Waals surface area contributed by atoms with Gasteiger partial charge in [-0.05, 0) is 90.6 Å². The van der Waals surface area contributed by atoms with Crippen molar-refractivity contribution in [2.75, 3.05) is 0 Å². The lowest BCUT2D eigenvalue weighted by Gasteiger charge is -2.40. The first-order valence-corrected chi connectivity index (χ1v) is 18.3. The summed E-state index contributed by atoms with van der Waals surface area (Å²) in [4.78, 5) is 0. The molecule has 2 aromatic carbocycles. The monoisotopic (exact) mass is 584 g/mol. The maximum absolute atomic E-state index is 12.0. The highest BCUT2D eigenvalue weighted by molar-refractivity contribution is 5.55. The Labute approximate surface area is 263 Å². The van der Waals surface area contributed by atoms with E-state index in [0.717, 1.165) is 6.42 Å². The summed E-state index contributed by atoms with van der Waals surface area (Å²) in [6.45, 7) is 9.68. The third-order valence-electron chi connectivity index (χ3n) is 13.2. The van der Waals surface area contributed by atoms with Crippen LogP contribution < -0.4 is 0 Å². The predicted molar refractivity (Wildman–Crippen MR) is 181 cm³/mol. The molecule has 2 aromatic rings. The Bertz CT molecular complexity index is 1090. The summed E-state index contributed by atoms with van der Waals surface area (Å²) in [5, 5.41) is 24.0. The lowest BCUT2D eigenvalue weighted by atomic mass is 9.65. The quantitative estimate of drug-likeness (QED) is 0.354. The molecule has 43 heavy (non-hydrogen) atoms. The summed E-state index contributed by atoms with van der Waals surface area (Å²) in [5.74, 6) is 1.21. The van der Waals surface area contributed by atoms with Crippen LogP contribution >= 0.6 is 0 Å². The molecule has 236 valence electrons. The van der Waals surface area contributed by atoms with Crippen molar-refractivity contribution in [3.8, 4) is 11.5 Å². The van der Waals surface area contributed by atoms with E-state index in [1.807, 2.05) is 0 Å². The van der Waals surface area contributed by atoms with Crippen LogP contribution in [0.3, 0.4) is 0 Å². The second kappa shape index (κ2) is 12.1. The fourth-order valence-corrected chi connectivity index (χ4v) is 10.1. The van der Waals surface area contributed by atoms with Crippen LogP contribution in [0.1, 0.15) is 189 Å². The molecular weight excluding hydrogens is 524 g/mol. The Morgan fingerprint density at radius 2 is 0.605 bits per heavy atom. The zero-order valence-corrected chi connectivity index (χ0v) is 28.1. The smallest absolute Gasteiger partial charge is 0.123 e. The molecule has 0 heterocycles. The number of rotatable bonds is 6. The Morgan fingerprint density at radius 3 is 0.814 bits per heavy atom. The van der Waals surface area contributed by atoms with Crippen LogP contribution in [-0.2, 0) is 28.1 Å². The van der Waals surface area contributed by atoms with Crippen LogP contribution in [0.25, 0.3) is 0 Å². The molecule has 4 aliphatic carbocycles. The van der Waals surface area contributed by atoms with Crippen LogP contribution in [-0.4, -0.2) is 10.2 Å². The van der Waals surface area contributed by atoms with Gasteiger partial charge < -0.3 is 10.2 Å². The number of phenols is 2. The number of phenolic OH excluding ortho intramolecular Hbond substituents is 2. The molecule has 0 atom stereocenters. The minimum atomic E-state index is 0.0501. The zero-order valence-electron chi connectivity index (χ0n) is 28.1. The number of aromatic hydroxyl groups is 2. The highest BCUT2D eigenvalue weighted by Gasteiger charge is 2.39. The predicted octanol–water partition coefficient (Wildman–Crippen LogP) is 11.6. The second-order valence-corrected chi connectivity index (χ2v) is 16.7. The second-order valence-electron chi connectivity index (χ2n) is 16.7. The van der Waals surface area contributed by atoms with Gasteiger partial charge in [0.15, 0.2) is 0 Å². The third kappa shape index (κ3) is 6.03. The van der Waals surface area contributed by atoms with Crippen molar-refractivity contribution in [3.05, 3.63) is 57.6 Å². The van der Waals surface area contributed by atoms with Crippen molar-refractivity contribution in [1.82, 2.24) is 0 Å². The average Bonchev–Trinajstić information content (AvgIpc) is 3.00. The van der Waals surface area contributed by atoms with Gasteiger partial charge in [-0.25, -0.2) is 0 Å². The minimum Gasteiger partial charge on any atom is -0.507 e. The van der Waals surface area contributed by atoms with Crippen molar-refractivity contribution in [1.29, 1.82) is 0 Å². The Kier molecular flexibility index (Phi) is 8.73. The fraction of sp³-hybridized carbons (Fsp3) is 0.707. The normalized spacial score (nSPS) is 24.8. The van der Waals surface area contributed by atoms with Gasteiger partial charge in [-0.1, -0.05) is 129 Å². The van der Waals surface area contributed by atoms with Gasteiger partial charge in [0, 0.05) is 22.3 Å². The van der Waals surface area contributed by atoms with E-state index in [1.54, 1.807) is 0 Å². The van der Waals surface area contributed by atoms with Gasteiger partial charge in [0.2, 0.25) is 0 Å². The number of hydrogen-bond donors (Lipinski definition) is 2. The maximum Gasteiger partial charge on any atom is 0.123 e. The summed E-state index contributed by atoms with van der Waals surface area (Å²) in [5.41, 5.74) is 7.76. The molecule has 2 nitrogen and oxygen atoms in total. The van der Waals surface area contributed by atoms with Crippen molar-refractivity contribution >= 4 is 0 Å². The average molecular weight is 585 g/mol. The lowest BCUT2D eigenvalue weighted by Crippen LogP contribution is -2.29. The molecule has 0 radical (unpaired) electrons. The number of benzene rings is 2. The molecule has 2 N–H and O–H groups in total. The minimum absolute atomic E-state index is 0.0501. The lowest BCUT2D eigenvalue weighted by molar-refractivity contribution is 0.290. The molecule has 2 heteroatoms. The molecule has 0 aliphatic heterocycles. The first-order valence-electron chi connectivity index (χ1n) is 18.3.